The minimum atomic E-state index is 0.238. The molecule has 2 rings (SSSR count). The van der Waals surface area contributed by atoms with Gasteiger partial charge in [-0.05, 0) is 43.8 Å². The first kappa shape index (κ1) is 16.3. The number of ether oxygens (including phenoxy) is 1. The molecule has 0 spiro atoms. The topological polar surface area (TPSA) is 34.1 Å². The molecule has 1 heterocycles. The van der Waals surface area contributed by atoms with Gasteiger partial charge >= 0.3 is 0 Å². The number of aromatic nitrogens is 1. The van der Waals surface area contributed by atoms with E-state index in [0.29, 0.717) is 6.61 Å². The summed E-state index contributed by atoms with van der Waals surface area (Å²) in [5.41, 5.74) is 1.14. The summed E-state index contributed by atoms with van der Waals surface area (Å²) >= 11 is 5.32. The van der Waals surface area contributed by atoms with Gasteiger partial charge in [0.2, 0.25) is 0 Å². The van der Waals surface area contributed by atoms with E-state index < -0.39 is 0 Å². The average molecular weight is 367 g/mol. The summed E-state index contributed by atoms with van der Waals surface area (Å²) in [5, 5.41) is 3.34. The zero-order valence-corrected chi connectivity index (χ0v) is 14.6. The van der Waals surface area contributed by atoms with Crippen molar-refractivity contribution in [3.63, 3.8) is 0 Å². The predicted molar refractivity (Wildman–Crippen MR) is 92.1 cm³/mol. The number of pyridine rings is 1. The van der Waals surface area contributed by atoms with Crippen LogP contribution in [0.1, 0.15) is 18.5 Å². The van der Waals surface area contributed by atoms with E-state index in [1.807, 2.05) is 38.0 Å². The van der Waals surface area contributed by atoms with Crippen LogP contribution < -0.4 is 10.1 Å². The number of thioether (sulfide) groups is 1. The van der Waals surface area contributed by atoms with Gasteiger partial charge in [0.15, 0.2) is 0 Å². The van der Waals surface area contributed by atoms with Gasteiger partial charge in [-0.2, -0.15) is 0 Å². The molecular weight excluding hydrogens is 348 g/mol. The van der Waals surface area contributed by atoms with E-state index in [1.165, 1.54) is 4.90 Å². The first-order chi connectivity index (χ1) is 10.2. The molecule has 21 heavy (non-hydrogen) atoms. The van der Waals surface area contributed by atoms with Crippen molar-refractivity contribution in [1.82, 2.24) is 10.3 Å². The van der Waals surface area contributed by atoms with Crippen molar-refractivity contribution in [3.8, 4) is 5.75 Å². The zero-order valence-electron chi connectivity index (χ0n) is 12.2. The van der Waals surface area contributed by atoms with Crippen LogP contribution in [-0.2, 0) is 0 Å². The Bertz CT molecular complexity index is 580. The lowest BCUT2D eigenvalue weighted by Gasteiger charge is -2.17. The largest absolute Gasteiger partial charge is 0.492 e. The van der Waals surface area contributed by atoms with Crippen molar-refractivity contribution in [2.45, 2.75) is 17.9 Å². The maximum atomic E-state index is 5.52. The second-order valence-corrected chi connectivity index (χ2v) is 6.51. The average Bonchev–Trinajstić information content (AvgIpc) is 2.49. The zero-order chi connectivity index (χ0) is 15.1. The lowest BCUT2D eigenvalue weighted by molar-refractivity contribution is 0.338. The van der Waals surface area contributed by atoms with Crippen molar-refractivity contribution in [2.24, 2.45) is 0 Å². The van der Waals surface area contributed by atoms with Crippen LogP contribution in [0.3, 0.4) is 0 Å². The smallest absolute Gasteiger partial charge is 0.137 e. The standard InChI is InChI=1S/C16H19BrN2OS/c1-3-20-14-7-12(9-19-10-14)16(18-2)11-21-15-6-4-5-13(17)8-15/h4-10,16,18H,3,11H2,1-2H3. The summed E-state index contributed by atoms with van der Waals surface area (Å²) in [4.78, 5) is 5.51. The molecule has 1 atom stereocenters. The van der Waals surface area contributed by atoms with Crippen LogP contribution in [0.2, 0.25) is 0 Å². The number of rotatable bonds is 7. The molecule has 0 bridgehead atoms. The SMILES string of the molecule is CCOc1cncc(C(CSc2cccc(Br)c2)NC)c1. The molecule has 1 aromatic carbocycles. The third-order valence-electron chi connectivity index (χ3n) is 3.01. The van der Waals surface area contributed by atoms with Gasteiger partial charge in [-0.3, -0.25) is 4.98 Å². The highest BCUT2D eigenvalue weighted by Crippen LogP contribution is 2.27. The van der Waals surface area contributed by atoms with E-state index in [2.05, 4.69) is 50.5 Å². The van der Waals surface area contributed by atoms with Crippen molar-refractivity contribution in [1.29, 1.82) is 0 Å². The highest BCUT2D eigenvalue weighted by molar-refractivity contribution is 9.10. The molecule has 1 aromatic heterocycles. The molecule has 0 aliphatic rings. The number of halogens is 1. The summed E-state index contributed by atoms with van der Waals surface area (Å²) in [6.07, 6.45) is 3.65. The Hall–Kier alpha value is -1.04. The summed E-state index contributed by atoms with van der Waals surface area (Å²) in [7, 11) is 1.97. The van der Waals surface area contributed by atoms with Gasteiger partial charge in [0.1, 0.15) is 5.75 Å². The maximum Gasteiger partial charge on any atom is 0.137 e. The Morgan fingerprint density at radius 2 is 2.19 bits per heavy atom. The Balaban J connectivity index is 2.04. The van der Waals surface area contributed by atoms with Gasteiger partial charge in [0, 0.05) is 27.4 Å². The molecule has 2 aromatic rings. The minimum absolute atomic E-state index is 0.238. The fourth-order valence-electron chi connectivity index (χ4n) is 1.95. The fraction of sp³-hybridized carbons (Fsp3) is 0.312. The van der Waals surface area contributed by atoms with E-state index >= 15 is 0 Å². The number of benzene rings is 1. The van der Waals surface area contributed by atoms with Crippen LogP contribution >= 0.6 is 27.7 Å². The molecule has 1 unspecified atom stereocenters. The highest BCUT2D eigenvalue weighted by Gasteiger charge is 2.11. The summed E-state index contributed by atoms with van der Waals surface area (Å²) in [6.45, 7) is 2.63. The van der Waals surface area contributed by atoms with Crippen LogP contribution in [0, 0.1) is 0 Å². The molecule has 3 nitrogen and oxygen atoms in total. The summed E-state index contributed by atoms with van der Waals surface area (Å²) in [6, 6.07) is 10.6. The normalized spacial score (nSPS) is 12.1. The highest BCUT2D eigenvalue weighted by atomic mass is 79.9. The first-order valence-electron chi connectivity index (χ1n) is 6.86. The van der Waals surface area contributed by atoms with Crippen molar-refractivity contribution in [3.05, 3.63) is 52.8 Å². The number of hydrogen-bond acceptors (Lipinski definition) is 4. The van der Waals surface area contributed by atoms with Crippen LogP contribution in [0.15, 0.2) is 52.1 Å². The molecule has 0 saturated carbocycles. The number of hydrogen-bond donors (Lipinski definition) is 1. The van der Waals surface area contributed by atoms with Gasteiger partial charge in [0.25, 0.3) is 0 Å². The number of nitrogens with one attached hydrogen (secondary N) is 1. The molecule has 0 aliphatic heterocycles. The molecule has 0 aliphatic carbocycles. The van der Waals surface area contributed by atoms with Gasteiger partial charge in [-0.1, -0.05) is 22.0 Å². The molecule has 0 saturated heterocycles. The molecule has 0 radical (unpaired) electrons. The lowest BCUT2D eigenvalue weighted by Crippen LogP contribution is -2.19. The lowest BCUT2D eigenvalue weighted by atomic mass is 10.1. The quantitative estimate of drug-likeness (QED) is 0.740. The first-order valence-corrected chi connectivity index (χ1v) is 8.64. The number of nitrogens with zero attached hydrogens (tertiary/aromatic N) is 1. The molecular formula is C16H19BrN2OS. The van der Waals surface area contributed by atoms with Gasteiger partial charge < -0.3 is 10.1 Å². The van der Waals surface area contributed by atoms with E-state index in [1.54, 1.807) is 6.20 Å². The molecule has 112 valence electrons. The minimum Gasteiger partial charge on any atom is -0.492 e. The van der Waals surface area contributed by atoms with Gasteiger partial charge in [0.05, 0.1) is 12.8 Å². The van der Waals surface area contributed by atoms with Crippen molar-refractivity contribution >= 4 is 27.7 Å². The molecule has 0 fully saturated rings. The predicted octanol–water partition coefficient (Wildman–Crippen LogP) is 4.30. The Labute approximate surface area is 138 Å². The molecule has 5 heteroatoms. The van der Waals surface area contributed by atoms with E-state index in [-0.39, 0.29) is 6.04 Å². The van der Waals surface area contributed by atoms with Crippen LogP contribution in [0.25, 0.3) is 0 Å². The summed E-state index contributed by atoms with van der Waals surface area (Å²) < 4.78 is 6.62. The third kappa shape index (κ3) is 5.02. The van der Waals surface area contributed by atoms with Crippen molar-refractivity contribution in [2.75, 3.05) is 19.4 Å². The Morgan fingerprint density at radius 3 is 2.90 bits per heavy atom. The third-order valence-corrected chi connectivity index (χ3v) is 4.59. The summed E-state index contributed by atoms with van der Waals surface area (Å²) in [5.74, 6) is 1.76. The van der Waals surface area contributed by atoms with E-state index in [0.717, 1.165) is 21.5 Å². The molecule has 1 N–H and O–H groups in total. The second-order valence-electron chi connectivity index (χ2n) is 4.50. The van der Waals surface area contributed by atoms with Crippen molar-refractivity contribution < 1.29 is 4.74 Å². The fourth-order valence-corrected chi connectivity index (χ4v) is 3.61. The van der Waals surface area contributed by atoms with E-state index in [9.17, 15) is 0 Å². The van der Waals surface area contributed by atoms with Crippen LogP contribution in [0.4, 0.5) is 0 Å². The Kier molecular flexibility index (Phi) is 6.54. The Morgan fingerprint density at radius 1 is 1.33 bits per heavy atom. The maximum absolute atomic E-state index is 5.52. The second kappa shape index (κ2) is 8.41. The molecule has 0 amide bonds. The van der Waals surface area contributed by atoms with Crippen LogP contribution in [-0.4, -0.2) is 24.4 Å². The monoisotopic (exact) mass is 366 g/mol. The van der Waals surface area contributed by atoms with Crippen LogP contribution in [0.5, 0.6) is 5.75 Å². The van der Waals surface area contributed by atoms with E-state index in [4.69, 9.17) is 4.74 Å². The van der Waals surface area contributed by atoms with Gasteiger partial charge in [-0.15, -0.1) is 11.8 Å². The van der Waals surface area contributed by atoms with Gasteiger partial charge in [-0.25, -0.2) is 0 Å².